The molecule has 6 nitrogen and oxygen atoms in total. The van der Waals surface area contributed by atoms with Crippen LogP contribution in [0.2, 0.25) is 0 Å². The molecule has 1 atom stereocenters. The zero-order valence-corrected chi connectivity index (χ0v) is 14.9. The van der Waals surface area contributed by atoms with Crippen LogP contribution in [0.4, 0.5) is 5.82 Å². The number of pyridine rings is 2. The number of rotatable bonds is 5. The predicted molar refractivity (Wildman–Crippen MR) is 100 cm³/mol. The van der Waals surface area contributed by atoms with Gasteiger partial charge < -0.3 is 10.1 Å². The van der Waals surface area contributed by atoms with E-state index in [2.05, 4.69) is 32.2 Å². The van der Waals surface area contributed by atoms with Gasteiger partial charge in [0.15, 0.2) is 0 Å². The molecule has 3 aromatic heterocycles. The number of anilines is 1. The maximum absolute atomic E-state index is 5.79. The Morgan fingerprint density at radius 1 is 1.15 bits per heavy atom. The topological polar surface area (TPSA) is 72.8 Å². The van der Waals surface area contributed by atoms with Crippen LogP contribution in [0, 0.1) is 6.92 Å². The van der Waals surface area contributed by atoms with E-state index >= 15 is 0 Å². The smallest absolute Gasteiger partial charge is 0.129 e. The van der Waals surface area contributed by atoms with E-state index in [0.717, 1.165) is 53.7 Å². The molecule has 0 saturated carbocycles. The molecule has 1 unspecified atom stereocenters. The molecule has 0 amide bonds. The standard InChI is InChI=1S/C20H21N5O/c1-13(17-11-21-9-16-5-6-26-20(16)17)8-23-19-7-18(24-12-25-19)15-4-3-14(2)22-10-15/h3-4,7,9-13H,5-6,8H2,1-2H3,(H,23,24,25). The normalized spacial score (nSPS) is 13.8. The summed E-state index contributed by atoms with van der Waals surface area (Å²) in [5.41, 5.74) is 5.16. The van der Waals surface area contributed by atoms with E-state index in [-0.39, 0.29) is 5.92 Å². The van der Waals surface area contributed by atoms with E-state index in [0.29, 0.717) is 0 Å². The van der Waals surface area contributed by atoms with Gasteiger partial charge in [-0.2, -0.15) is 0 Å². The molecule has 4 rings (SSSR count). The quantitative estimate of drug-likeness (QED) is 0.763. The van der Waals surface area contributed by atoms with Crippen LogP contribution in [-0.4, -0.2) is 33.1 Å². The molecule has 1 N–H and O–H groups in total. The molecule has 26 heavy (non-hydrogen) atoms. The highest BCUT2D eigenvalue weighted by Gasteiger charge is 2.20. The molecule has 0 aromatic carbocycles. The molecular weight excluding hydrogens is 326 g/mol. The van der Waals surface area contributed by atoms with Crippen molar-refractivity contribution in [2.45, 2.75) is 26.2 Å². The Balaban J connectivity index is 1.47. The van der Waals surface area contributed by atoms with Gasteiger partial charge in [-0.05, 0) is 19.1 Å². The molecule has 1 aliphatic heterocycles. The van der Waals surface area contributed by atoms with Crippen LogP contribution < -0.4 is 10.1 Å². The average molecular weight is 347 g/mol. The molecule has 0 bridgehead atoms. The summed E-state index contributed by atoms with van der Waals surface area (Å²) in [4.78, 5) is 17.4. The molecule has 0 aliphatic carbocycles. The fourth-order valence-electron chi connectivity index (χ4n) is 3.08. The van der Waals surface area contributed by atoms with E-state index in [1.54, 1.807) is 6.33 Å². The summed E-state index contributed by atoms with van der Waals surface area (Å²) < 4.78 is 5.79. The first-order valence-electron chi connectivity index (χ1n) is 8.79. The number of nitrogens with zero attached hydrogens (tertiary/aromatic N) is 4. The molecule has 0 radical (unpaired) electrons. The van der Waals surface area contributed by atoms with Gasteiger partial charge in [0.25, 0.3) is 0 Å². The van der Waals surface area contributed by atoms with Gasteiger partial charge in [-0.3, -0.25) is 9.97 Å². The van der Waals surface area contributed by atoms with Gasteiger partial charge in [-0.25, -0.2) is 9.97 Å². The average Bonchev–Trinajstić information content (AvgIpc) is 3.16. The molecule has 3 aromatic rings. The summed E-state index contributed by atoms with van der Waals surface area (Å²) in [6.07, 6.45) is 8.15. The van der Waals surface area contributed by atoms with Crippen LogP contribution in [-0.2, 0) is 6.42 Å². The lowest BCUT2D eigenvalue weighted by atomic mass is 10.00. The third kappa shape index (κ3) is 3.35. The summed E-state index contributed by atoms with van der Waals surface area (Å²) >= 11 is 0. The number of fused-ring (bicyclic) bond motifs is 1. The van der Waals surface area contributed by atoms with Crippen molar-refractivity contribution < 1.29 is 4.74 Å². The molecule has 0 spiro atoms. The molecule has 4 heterocycles. The highest BCUT2D eigenvalue weighted by molar-refractivity contribution is 5.61. The number of hydrogen-bond acceptors (Lipinski definition) is 6. The van der Waals surface area contributed by atoms with Crippen LogP contribution in [0.15, 0.2) is 43.1 Å². The van der Waals surface area contributed by atoms with Crippen molar-refractivity contribution in [3.63, 3.8) is 0 Å². The summed E-state index contributed by atoms with van der Waals surface area (Å²) in [7, 11) is 0. The number of hydrogen-bond donors (Lipinski definition) is 1. The number of aryl methyl sites for hydroxylation is 1. The first-order valence-corrected chi connectivity index (χ1v) is 8.79. The monoisotopic (exact) mass is 347 g/mol. The zero-order valence-electron chi connectivity index (χ0n) is 14.9. The Bertz CT molecular complexity index is 910. The minimum atomic E-state index is 0.259. The first-order chi connectivity index (χ1) is 12.7. The maximum Gasteiger partial charge on any atom is 0.129 e. The van der Waals surface area contributed by atoms with Gasteiger partial charge in [-0.1, -0.05) is 6.92 Å². The van der Waals surface area contributed by atoms with E-state index in [4.69, 9.17) is 4.74 Å². The number of ether oxygens (including phenoxy) is 1. The van der Waals surface area contributed by atoms with Gasteiger partial charge >= 0.3 is 0 Å². The Hall–Kier alpha value is -3.02. The van der Waals surface area contributed by atoms with Gasteiger partial charge in [0.2, 0.25) is 0 Å². The van der Waals surface area contributed by atoms with Gasteiger partial charge in [0, 0.05) is 65.9 Å². The lowest BCUT2D eigenvalue weighted by molar-refractivity contribution is 0.351. The minimum Gasteiger partial charge on any atom is -0.493 e. The van der Waals surface area contributed by atoms with Crippen molar-refractivity contribution in [1.29, 1.82) is 0 Å². The van der Waals surface area contributed by atoms with Gasteiger partial charge in [0.05, 0.1) is 12.3 Å². The largest absolute Gasteiger partial charge is 0.493 e. The van der Waals surface area contributed by atoms with Crippen LogP contribution >= 0.6 is 0 Å². The van der Waals surface area contributed by atoms with E-state index in [1.165, 1.54) is 5.56 Å². The zero-order chi connectivity index (χ0) is 17.9. The second-order valence-electron chi connectivity index (χ2n) is 6.57. The Labute approximate surface area is 152 Å². The molecule has 132 valence electrons. The fraction of sp³-hybridized carbons (Fsp3) is 0.300. The second kappa shape index (κ2) is 7.07. The Kier molecular flexibility index (Phi) is 4.48. The summed E-state index contributed by atoms with van der Waals surface area (Å²) in [5, 5.41) is 3.40. The van der Waals surface area contributed by atoms with Gasteiger partial charge in [-0.15, -0.1) is 0 Å². The van der Waals surface area contributed by atoms with Crippen molar-refractivity contribution in [1.82, 2.24) is 19.9 Å². The first kappa shape index (κ1) is 16.4. The summed E-state index contributed by atoms with van der Waals surface area (Å²) in [5.74, 6) is 2.06. The highest BCUT2D eigenvalue weighted by atomic mass is 16.5. The molecule has 0 fully saturated rings. The van der Waals surface area contributed by atoms with Crippen molar-refractivity contribution >= 4 is 5.82 Å². The third-order valence-electron chi connectivity index (χ3n) is 4.61. The van der Waals surface area contributed by atoms with Crippen LogP contribution in [0.1, 0.15) is 29.7 Å². The molecule has 1 aliphatic rings. The highest BCUT2D eigenvalue weighted by Crippen LogP contribution is 2.33. The summed E-state index contributed by atoms with van der Waals surface area (Å²) in [6, 6.07) is 5.95. The van der Waals surface area contributed by atoms with Gasteiger partial charge in [0.1, 0.15) is 17.9 Å². The number of nitrogens with one attached hydrogen (secondary N) is 1. The van der Waals surface area contributed by atoms with Crippen molar-refractivity contribution in [3.8, 4) is 17.0 Å². The number of aromatic nitrogens is 4. The van der Waals surface area contributed by atoms with E-state index in [1.807, 2.05) is 43.7 Å². The van der Waals surface area contributed by atoms with Crippen molar-refractivity contribution in [2.75, 3.05) is 18.5 Å². The third-order valence-corrected chi connectivity index (χ3v) is 4.61. The lowest BCUT2D eigenvalue weighted by Crippen LogP contribution is -2.12. The molecule has 6 heteroatoms. The minimum absolute atomic E-state index is 0.259. The second-order valence-corrected chi connectivity index (χ2v) is 6.57. The van der Waals surface area contributed by atoms with Crippen molar-refractivity contribution in [3.05, 3.63) is 59.9 Å². The van der Waals surface area contributed by atoms with Crippen LogP contribution in [0.3, 0.4) is 0 Å². The molecule has 0 saturated heterocycles. The predicted octanol–water partition coefficient (Wildman–Crippen LogP) is 3.39. The fourth-order valence-corrected chi connectivity index (χ4v) is 3.08. The van der Waals surface area contributed by atoms with Crippen LogP contribution in [0.5, 0.6) is 5.75 Å². The maximum atomic E-state index is 5.79. The molecular formula is C20H21N5O. The lowest BCUT2D eigenvalue weighted by Gasteiger charge is -2.16. The Morgan fingerprint density at radius 3 is 2.92 bits per heavy atom. The van der Waals surface area contributed by atoms with E-state index < -0.39 is 0 Å². The van der Waals surface area contributed by atoms with Crippen LogP contribution in [0.25, 0.3) is 11.3 Å². The van der Waals surface area contributed by atoms with E-state index in [9.17, 15) is 0 Å². The SMILES string of the molecule is Cc1ccc(-c2cc(NCC(C)c3cncc4c3OCC4)ncn2)cn1. The van der Waals surface area contributed by atoms with Crippen molar-refractivity contribution in [2.24, 2.45) is 0 Å². The summed E-state index contributed by atoms with van der Waals surface area (Å²) in [6.45, 7) is 5.62. The Morgan fingerprint density at radius 2 is 2.08 bits per heavy atom.